The average molecular weight is 264 g/mol. The first-order chi connectivity index (χ1) is 8.74. The fraction of sp³-hybridized carbons (Fsp3) is 0.154. The highest BCUT2D eigenvalue weighted by atomic mass is 32.1. The zero-order valence-corrected chi connectivity index (χ0v) is 10.5. The van der Waals surface area contributed by atoms with E-state index in [1.165, 1.54) is 12.1 Å². The lowest BCUT2D eigenvalue weighted by molar-refractivity contribution is -0.119. The van der Waals surface area contributed by atoms with E-state index in [1.54, 1.807) is 23.5 Å². The molecule has 0 aliphatic carbocycles. The van der Waals surface area contributed by atoms with Crippen LogP contribution in [-0.2, 0) is 11.3 Å². The van der Waals surface area contributed by atoms with Crippen molar-refractivity contribution in [1.29, 1.82) is 0 Å². The van der Waals surface area contributed by atoms with E-state index in [1.807, 2.05) is 17.5 Å². The Kier molecular flexibility index (Phi) is 4.30. The van der Waals surface area contributed by atoms with Gasteiger partial charge in [-0.25, -0.2) is 4.39 Å². The van der Waals surface area contributed by atoms with Gasteiger partial charge in [0.05, 0.1) is 13.1 Å². The summed E-state index contributed by atoms with van der Waals surface area (Å²) in [7, 11) is 0. The number of nitrogens with one attached hydrogen (secondary N) is 2. The summed E-state index contributed by atoms with van der Waals surface area (Å²) in [5.41, 5.74) is 0.598. The highest BCUT2D eigenvalue weighted by molar-refractivity contribution is 7.09. The second kappa shape index (κ2) is 6.16. The summed E-state index contributed by atoms with van der Waals surface area (Å²) in [5, 5.41) is 7.62. The van der Waals surface area contributed by atoms with Crippen LogP contribution in [0, 0.1) is 5.82 Å². The van der Waals surface area contributed by atoms with Gasteiger partial charge in [-0.15, -0.1) is 11.3 Å². The predicted molar refractivity (Wildman–Crippen MR) is 71.1 cm³/mol. The molecule has 0 aliphatic heterocycles. The number of halogens is 1. The SMILES string of the molecule is O=C(CNc1cccc(F)c1)NCc1cccs1. The topological polar surface area (TPSA) is 41.1 Å². The second-order valence-corrected chi connectivity index (χ2v) is 4.75. The smallest absolute Gasteiger partial charge is 0.239 e. The van der Waals surface area contributed by atoms with Gasteiger partial charge in [-0.2, -0.15) is 0 Å². The third kappa shape index (κ3) is 3.85. The van der Waals surface area contributed by atoms with Crippen LogP contribution in [0.4, 0.5) is 10.1 Å². The lowest BCUT2D eigenvalue weighted by Gasteiger charge is -2.07. The van der Waals surface area contributed by atoms with Crippen molar-refractivity contribution < 1.29 is 9.18 Å². The average Bonchev–Trinajstić information content (AvgIpc) is 2.87. The fourth-order valence-corrected chi connectivity index (χ4v) is 2.09. The zero-order chi connectivity index (χ0) is 12.8. The van der Waals surface area contributed by atoms with E-state index in [2.05, 4.69) is 10.6 Å². The molecule has 0 radical (unpaired) electrons. The van der Waals surface area contributed by atoms with Crippen LogP contribution in [-0.4, -0.2) is 12.5 Å². The Balaban J connectivity index is 1.75. The zero-order valence-electron chi connectivity index (χ0n) is 9.65. The van der Waals surface area contributed by atoms with E-state index in [4.69, 9.17) is 0 Å². The van der Waals surface area contributed by atoms with E-state index in [9.17, 15) is 9.18 Å². The maximum absolute atomic E-state index is 12.9. The number of anilines is 1. The second-order valence-electron chi connectivity index (χ2n) is 3.72. The molecule has 0 atom stereocenters. The molecule has 0 fully saturated rings. The van der Waals surface area contributed by atoms with Crippen LogP contribution in [0.15, 0.2) is 41.8 Å². The van der Waals surface area contributed by atoms with Gasteiger partial charge in [-0.05, 0) is 29.6 Å². The van der Waals surface area contributed by atoms with Gasteiger partial charge in [-0.3, -0.25) is 4.79 Å². The largest absolute Gasteiger partial charge is 0.376 e. The van der Waals surface area contributed by atoms with Gasteiger partial charge in [0, 0.05) is 10.6 Å². The number of amides is 1. The van der Waals surface area contributed by atoms with Crippen LogP contribution in [0.1, 0.15) is 4.88 Å². The highest BCUT2D eigenvalue weighted by Crippen LogP contribution is 2.09. The number of benzene rings is 1. The Labute approximate surface area is 109 Å². The molecular formula is C13H13FN2OS. The summed E-state index contributed by atoms with van der Waals surface area (Å²) in [6.07, 6.45) is 0. The van der Waals surface area contributed by atoms with Crippen LogP contribution in [0.25, 0.3) is 0 Å². The van der Waals surface area contributed by atoms with Crippen molar-refractivity contribution in [3.63, 3.8) is 0 Å². The monoisotopic (exact) mass is 264 g/mol. The van der Waals surface area contributed by atoms with Crippen molar-refractivity contribution in [2.24, 2.45) is 0 Å². The maximum atomic E-state index is 12.9. The molecule has 0 unspecified atom stereocenters. The molecule has 94 valence electrons. The van der Waals surface area contributed by atoms with Crippen molar-refractivity contribution >= 4 is 22.9 Å². The van der Waals surface area contributed by atoms with Gasteiger partial charge in [0.2, 0.25) is 5.91 Å². The molecule has 1 amide bonds. The molecule has 1 aromatic carbocycles. The van der Waals surface area contributed by atoms with Crippen molar-refractivity contribution in [1.82, 2.24) is 5.32 Å². The molecule has 0 saturated carbocycles. The number of hydrogen-bond donors (Lipinski definition) is 2. The summed E-state index contributed by atoms with van der Waals surface area (Å²) in [4.78, 5) is 12.6. The highest BCUT2D eigenvalue weighted by Gasteiger charge is 2.02. The maximum Gasteiger partial charge on any atom is 0.239 e. The van der Waals surface area contributed by atoms with Gasteiger partial charge in [0.15, 0.2) is 0 Å². The minimum Gasteiger partial charge on any atom is -0.376 e. The first-order valence-electron chi connectivity index (χ1n) is 5.52. The minimum absolute atomic E-state index is 0.118. The van der Waals surface area contributed by atoms with E-state index in [-0.39, 0.29) is 18.3 Å². The lowest BCUT2D eigenvalue weighted by atomic mass is 10.3. The molecule has 3 nitrogen and oxygen atoms in total. The minimum atomic E-state index is -0.320. The lowest BCUT2D eigenvalue weighted by Crippen LogP contribution is -2.29. The molecule has 1 aromatic heterocycles. The Morgan fingerprint density at radius 2 is 2.17 bits per heavy atom. The van der Waals surface area contributed by atoms with Crippen molar-refractivity contribution in [2.45, 2.75) is 6.54 Å². The number of rotatable bonds is 5. The molecule has 18 heavy (non-hydrogen) atoms. The van der Waals surface area contributed by atoms with Crippen molar-refractivity contribution in [3.8, 4) is 0 Å². The van der Waals surface area contributed by atoms with Crippen LogP contribution >= 0.6 is 11.3 Å². The summed E-state index contributed by atoms with van der Waals surface area (Å²) in [6.45, 7) is 0.663. The number of carbonyl (C=O) groups is 1. The molecule has 0 bridgehead atoms. The van der Waals surface area contributed by atoms with Crippen molar-refractivity contribution in [3.05, 3.63) is 52.5 Å². The predicted octanol–water partition coefficient (Wildman–Crippen LogP) is 2.62. The van der Waals surface area contributed by atoms with Crippen LogP contribution < -0.4 is 10.6 Å². The molecule has 2 rings (SSSR count). The van der Waals surface area contributed by atoms with E-state index in [0.717, 1.165) is 4.88 Å². The molecule has 0 spiro atoms. The van der Waals surface area contributed by atoms with E-state index < -0.39 is 0 Å². The summed E-state index contributed by atoms with van der Waals surface area (Å²) < 4.78 is 12.9. The van der Waals surface area contributed by atoms with Gasteiger partial charge < -0.3 is 10.6 Å². The van der Waals surface area contributed by atoms with Crippen LogP contribution in [0.5, 0.6) is 0 Å². The molecule has 0 saturated heterocycles. The molecule has 2 aromatic rings. The van der Waals surface area contributed by atoms with Gasteiger partial charge in [0.25, 0.3) is 0 Å². The van der Waals surface area contributed by atoms with Crippen LogP contribution in [0.3, 0.4) is 0 Å². The molecular weight excluding hydrogens is 251 g/mol. The normalized spacial score (nSPS) is 10.1. The molecule has 0 aliphatic rings. The first kappa shape index (κ1) is 12.6. The van der Waals surface area contributed by atoms with Crippen LogP contribution in [0.2, 0.25) is 0 Å². The Morgan fingerprint density at radius 3 is 2.89 bits per heavy atom. The summed E-state index contributed by atoms with van der Waals surface area (Å²) in [5.74, 6) is -0.438. The van der Waals surface area contributed by atoms with Gasteiger partial charge in [-0.1, -0.05) is 12.1 Å². The number of thiophene rings is 1. The summed E-state index contributed by atoms with van der Waals surface area (Å²) in [6, 6.07) is 9.94. The number of carbonyl (C=O) groups excluding carboxylic acids is 1. The standard InChI is InChI=1S/C13H13FN2OS/c14-10-3-1-4-11(7-10)15-9-13(17)16-8-12-5-2-6-18-12/h1-7,15H,8-9H2,(H,16,17). The molecule has 2 N–H and O–H groups in total. The third-order valence-electron chi connectivity index (χ3n) is 2.32. The summed E-state index contributed by atoms with van der Waals surface area (Å²) >= 11 is 1.60. The van der Waals surface area contributed by atoms with Gasteiger partial charge >= 0.3 is 0 Å². The van der Waals surface area contributed by atoms with E-state index >= 15 is 0 Å². The fourth-order valence-electron chi connectivity index (χ4n) is 1.44. The van der Waals surface area contributed by atoms with E-state index in [0.29, 0.717) is 12.2 Å². The first-order valence-corrected chi connectivity index (χ1v) is 6.40. The van der Waals surface area contributed by atoms with Gasteiger partial charge in [0.1, 0.15) is 5.82 Å². The Morgan fingerprint density at radius 1 is 1.28 bits per heavy atom. The molecule has 5 heteroatoms. The third-order valence-corrected chi connectivity index (χ3v) is 3.19. The quantitative estimate of drug-likeness (QED) is 0.871. The Hall–Kier alpha value is -1.88. The number of hydrogen-bond acceptors (Lipinski definition) is 3. The molecule has 1 heterocycles. The Bertz CT molecular complexity index is 513. The van der Waals surface area contributed by atoms with Crippen molar-refractivity contribution in [2.75, 3.05) is 11.9 Å².